The molecule has 8 heteroatoms. The van der Waals surface area contributed by atoms with E-state index < -0.39 is 5.41 Å². The van der Waals surface area contributed by atoms with Crippen molar-refractivity contribution in [3.05, 3.63) is 53.4 Å². The van der Waals surface area contributed by atoms with Crippen LogP contribution in [0.3, 0.4) is 0 Å². The first-order valence-corrected chi connectivity index (χ1v) is 10.7. The Kier molecular flexibility index (Phi) is 6.16. The van der Waals surface area contributed by atoms with Crippen molar-refractivity contribution < 1.29 is 4.79 Å². The van der Waals surface area contributed by atoms with Gasteiger partial charge in [-0.3, -0.25) is 14.7 Å². The quantitative estimate of drug-likeness (QED) is 0.749. The highest BCUT2D eigenvalue weighted by molar-refractivity contribution is 6.30. The monoisotopic (exact) mass is 424 g/mol. The van der Waals surface area contributed by atoms with Crippen LogP contribution in [0, 0.1) is 11.3 Å². The van der Waals surface area contributed by atoms with Crippen molar-refractivity contribution >= 4 is 23.3 Å². The number of amides is 1. The zero-order valence-corrected chi connectivity index (χ0v) is 17.6. The zero-order chi connectivity index (χ0) is 21.0. The number of anilines is 1. The molecule has 1 aromatic carbocycles. The third-order valence-electron chi connectivity index (χ3n) is 6.17. The normalized spacial score (nSPS) is 19.3. The summed E-state index contributed by atoms with van der Waals surface area (Å²) in [5.41, 5.74) is 0.383. The summed E-state index contributed by atoms with van der Waals surface area (Å²) in [7, 11) is 0. The highest BCUT2D eigenvalue weighted by Gasteiger charge is 2.38. The molecule has 0 aliphatic carbocycles. The lowest BCUT2D eigenvalue weighted by Gasteiger charge is -2.39. The Morgan fingerprint density at radius 1 is 1.13 bits per heavy atom. The lowest BCUT2D eigenvalue weighted by molar-refractivity contribution is -0.133. The number of piperidine rings is 1. The summed E-state index contributed by atoms with van der Waals surface area (Å²) in [5.74, 6) is 1.02. The maximum absolute atomic E-state index is 12.9. The number of benzene rings is 1. The number of nitriles is 1. The van der Waals surface area contributed by atoms with Crippen LogP contribution in [0.2, 0.25) is 5.02 Å². The maximum atomic E-state index is 12.9. The van der Waals surface area contributed by atoms with Crippen molar-refractivity contribution in [2.45, 2.75) is 18.3 Å². The van der Waals surface area contributed by atoms with Gasteiger partial charge in [-0.25, -0.2) is 4.98 Å². The molecular weight excluding hydrogens is 400 g/mol. The Labute approximate surface area is 181 Å². The fourth-order valence-corrected chi connectivity index (χ4v) is 4.46. The Hall–Kier alpha value is -2.69. The van der Waals surface area contributed by atoms with E-state index in [-0.39, 0.29) is 5.91 Å². The third kappa shape index (κ3) is 4.40. The summed E-state index contributed by atoms with van der Waals surface area (Å²) < 4.78 is 0. The van der Waals surface area contributed by atoms with Gasteiger partial charge in [0.1, 0.15) is 5.82 Å². The second-order valence-electron chi connectivity index (χ2n) is 7.91. The van der Waals surface area contributed by atoms with Crippen LogP contribution in [-0.2, 0) is 10.2 Å². The van der Waals surface area contributed by atoms with Crippen LogP contribution in [0.4, 0.5) is 5.82 Å². The van der Waals surface area contributed by atoms with Gasteiger partial charge in [-0.2, -0.15) is 5.26 Å². The number of halogens is 1. The Bertz CT molecular complexity index is 915. The van der Waals surface area contributed by atoms with Crippen LogP contribution >= 0.6 is 11.6 Å². The van der Waals surface area contributed by atoms with E-state index in [0.29, 0.717) is 37.5 Å². The predicted octanol–water partition coefficient (Wildman–Crippen LogP) is 2.34. The van der Waals surface area contributed by atoms with Crippen LogP contribution in [-0.4, -0.2) is 71.5 Å². The third-order valence-corrected chi connectivity index (χ3v) is 6.40. The number of rotatable bonds is 4. The fourth-order valence-electron chi connectivity index (χ4n) is 4.27. The van der Waals surface area contributed by atoms with Gasteiger partial charge in [-0.15, -0.1) is 0 Å². The second-order valence-corrected chi connectivity index (χ2v) is 8.35. The predicted molar refractivity (Wildman–Crippen MR) is 115 cm³/mol. The van der Waals surface area contributed by atoms with E-state index >= 15 is 0 Å². The molecule has 0 saturated carbocycles. The second kappa shape index (κ2) is 8.99. The molecule has 1 aromatic heterocycles. The Morgan fingerprint density at radius 3 is 2.53 bits per heavy atom. The minimum atomic E-state index is -0.565. The summed E-state index contributed by atoms with van der Waals surface area (Å²) in [4.78, 5) is 27.6. The van der Waals surface area contributed by atoms with Gasteiger partial charge in [0.15, 0.2) is 0 Å². The molecule has 2 fully saturated rings. The zero-order valence-electron chi connectivity index (χ0n) is 16.9. The van der Waals surface area contributed by atoms with E-state index in [4.69, 9.17) is 11.6 Å². The van der Waals surface area contributed by atoms with Crippen molar-refractivity contribution in [3.63, 3.8) is 0 Å². The molecule has 4 rings (SSSR count). The molecule has 2 aromatic rings. The van der Waals surface area contributed by atoms with Gasteiger partial charge >= 0.3 is 0 Å². The summed E-state index contributed by atoms with van der Waals surface area (Å²) in [6, 6.07) is 10.0. The minimum absolute atomic E-state index is 0.139. The molecule has 0 unspecified atom stereocenters. The molecule has 0 radical (unpaired) electrons. The molecule has 1 amide bonds. The van der Waals surface area contributed by atoms with Crippen LogP contribution in [0.25, 0.3) is 0 Å². The minimum Gasteiger partial charge on any atom is -0.353 e. The van der Waals surface area contributed by atoms with E-state index in [2.05, 4.69) is 25.8 Å². The Balaban J connectivity index is 1.29. The van der Waals surface area contributed by atoms with E-state index in [1.54, 1.807) is 18.6 Å². The highest BCUT2D eigenvalue weighted by atomic mass is 35.5. The number of hydrogen-bond acceptors (Lipinski definition) is 6. The summed E-state index contributed by atoms with van der Waals surface area (Å²) in [6.45, 7) is 4.92. The summed E-state index contributed by atoms with van der Waals surface area (Å²) in [5, 5.41) is 10.5. The van der Waals surface area contributed by atoms with Gasteiger partial charge in [-0.05, 0) is 30.5 Å². The molecule has 7 nitrogen and oxygen atoms in total. The topological polar surface area (TPSA) is 76.4 Å². The van der Waals surface area contributed by atoms with Gasteiger partial charge in [0.2, 0.25) is 5.91 Å². The number of nitrogens with zero attached hydrogens (tertiary/aromatic N) is 6. The van der Waals surface area contributed by atoms with Crippen LogP contribution in [0.1, 0.15) is 18.4 Å². The number of carbonyl (C=O) groups excluding carboxylic acids is 1. The highest BCUT2D eigenvalue weighted by Crippen LogP contribution is 2.36. The van der Waals surface area contributed by atoms with Crippen LogP contribution in [0.5, 0.6) is 0 Å². The van der Waals surface area contributed by atoms with Crippen molar-refractivity contribution in [3.8, 4) is 6.07 Å². The van der Waals surface area contributed by atoms with Gasteiger partial charge in [0.05, 0.1) is 24.2 Å². The molecule has 30 heavy (non-hydrogen) atoms. The molecule has 0 atom stereocenters. The van der Waals surface area contributed by atoms with Gasteiger partial charge in [0, 0.05) is 56.7 Å². The molecule has 2 aliphatic rings. The average Bonchev–Trinajstić information content (AvgIpc) is 2.80. The lowest BCUT2D eigenvalue weighted by Crippen LogP contribution is -2.52. The van der Waals surface area contributed by atoms with Crippen molar-refractivity contribution in [1.29, 1.82) is 5.26 Å². The van der Waals surface area contributed by atoms with E-state index in [9.17, 15) is 10.1 Å². The number of aromatic nitrogens is 2. The Morgan fingerprint density at radius 2 is 1.90 bits per heavy atom. The fraction of sp³-hybridized carbons (Fsp3) is 0.455. The number of hydrogen-bond donors (Lipinski definition) is 0. The first kappa shape index (κ1) is 20.6. The van der Waals surface area contributed by atoms with E-state index in [1.165, 1.54) is 0 Å². The van der Waals surface area contributed by atoms with Crippen molar-refractivity contribution in [2.24, 2.45) is 0 Å². The van der Waals surface area contributed by atoms with Gasteiger partial charge in [0.25, 0.3) is 0 Å². The van der Waals surface area contributed by atoms with Crippen molar-refractivity contribution in [1.82, 2.24) is 19.8 Å². The SMILES string of the molecule is N#CC1(c2cccc(Cl)c2)CCN(C(=O)CN2CCN(c3cnccn3)CC2)CC1. The van der Waals surface area contributed by atoms with E-state index in [1.807, 2.05) is 29.2 Å². The number of likely N-dealkylation sites (tertiary alicyclic amines) is 1. The standard InChI is InChI=1S/C22H25ClN6O/c23-19-3-1-2-18(14-19)22(17-24)4-8-29(9-5-22)21(30)16-27-10-12-28(13-11-27)20-15-25-6-7-26-20/h1-3,6-7,14-15H,4-5,8-13,16H2. The number of piperazine rings is 1. The average molecular weight is 425 g/mol. The van der Waals surface area contributed by atoms with E-state index in [0.717, 1.165) is 37.6 Å². The molecule has 0 bridgehead atoms. The molecule has 2 aliphatic heterocycles. The molecular formula is C22H25ClN6O. The first-order valence-electron chi connectivity index (χ1n) is 10.3. The summed E-state index contributed by atoms with van der Waals surface area (Å²) >= 11 is 6.13. The molecule has 0 N–H and O–H groups in total. The molecule has 2 saturated heterocycles. The van der Waals surface area contributed by atoms with Crippen LogP contribution in [0.15, 0.2) is 42.9 Å². The summed E-state index contributed by atoms with van der Waals surface area (Å²) in [6.07, 6.45) is 6.42. The van der Waals surface area contributed by atoms with Gasteiger partial charge < -0.3 is 9.80 Å². The smallest absolute Gasteiger partial charge is 0.236 e. The molecule has 3 heterocycles. The largest absolute Gasteiger partial charge is 0.353 e. The molecule has 0 spiro atoms. The maximum Gasteiger partial charge on any atom is 0.236 e. The first-order chi connectivity index (χ1) is 14.6. The molecule has 156 valence electrons. The van der Waals surface area contributed by atoms with Gasteiger partial charge in [-0.1, -0.05) is 23.7 Å². The number of carbonyl (C=O) groups is 1. The lowest BCUT2D eigenvalue weighted by atomic mass is 9.74. The van der Waals surface area contributed by atoms with Crippen LogP contribution < -0.4 is 4.90 Å². The van der Waals surface area contributed by atoms with Crippen molar-refractivity contribution in [2.75, 3.05) is 50.7 Å².